The van der Waals surface area contributed by atoms with Crippen molar-refractivity contribution in [2.75, 3.05) is 29.9 Å². The Morgan fingerprint density at radius 2 is 2.23 bits per heavy atom. The number of anilines is 2. The Morgan fingerprint density at radius 1 is 1.47 bits per heavy atom. The molecule has 158 valence electrons. The molecule has 2 aliphatic heterocycles. The van der Waals surface area contributed by atoms with Crippen LogP contribution in [0.25, 0.3) is 5.57 Å². The third kappa shape index (κ3) is 3.80. The summed E-state index contributed by atoms with van der Waals surface area (Å²) in [6.07, 6.45) is 4.21. The van der Waals surface area contributed by atoms with E-state index in [1.807, 2.05) is 17.9 Å². The number of amides is 1. The number of carbonyl (C=O) groups excluding carboxylic acids is 1. The lowest BCUT2D eigenvalue weighted by atomic mass is 9.99. The molecule has 30 heavy (non-hydrogen) atoms. The fourth-order valence-electron chi connectivity index (χ4n) is 3.82. The highest BCUT2D eigenvalue weighted by Gasteiger charge is 2.36. The number of aliphatic hydroxyl groups is 1. The number of benzene rings is 1. The fourth-order valence-corrected chi connectivity index (χ4v) is 3.82. The first-order chi connectivity index (χ1) is 14.4. The van der Waals surface area contributed by atoms with Gasteiger partial charge in [-0.2, -0.15) is 0 Å². The number of hydrogen-bond donors (Lipinski definition) is 3. The summed E-state index contributed by atoms with van der Waals surface area (Å²) in [6, 6.07) is 5.26. The van der Waals surface area contributed by atoms with Gasteiger partial charge in [0.1, 0.15) is 17.5 Å². The Balaban J connectivity index is 1.68. The van der Waals surface area contributed by atoms with Crippen LogP contribution in [0.5, 0.6) is 5.75 Å². The Labute approximate surface area is 173 Å². The summed E-state index contributed by atoms with van der Waals surface area (Å²) < 4.78 is 19.8. The molecule has 1 saturated heterocycles. The number of halogens is 1. The number of ether oxygens (including phenoxy) is 1. The van der Waals surface area contributed by atoms with Gasteiger partial charge in [0.2, 0.25) is 0 Å². The number of nitrogens with one attached hydrogen (secondary N) is 1. The topological polar surface area (TPSA) is 114 Å². The molecule has 1 aromatic heterocycles. The largest absolute Gasteiger partial charge is 0.484 e. The molecule has 0 radical (unpaired) electrons. The minimum atomic E-state index is -0.928. The summed E-state index contributed by atoms with van der Waals surface area (Å²) in [7, 11) is 0. The molecule has 2 aliphatic rings. The quantitative estimate of drug-likeness (QED) is 0.639. The second-order valence-electron chi connectivity index (χ2n) is 7.80. The molecular weight excluding hydrogens is 389 g/mol. The van der Waals surface area contributed by atoms with E-state index in [0.717, 1.165) is 11.8 Å². The number of fused-ring (bicyclic) bond motifs is 1. The van der Waals surface area contributed by atoms with E-state index in [1.165, 1.54) is 12.4 Å². The number of rotatable bonds is 5. The molecule has 4 N–H and O–H groups in total. The van der Waals surface area contributed by atoms with Crippen LogP contribution in [0.2, 0.25) is 0 Å². The molecule has 4 rings (SSSR count). The summed E-state index contributed by atoms with van der Waals surface area (Å²) in [4.78, 5) is 23.0. The average Bonchev–Trinajstić information content (AvgIpc) is 3.31. The van der Waals surface area contributed by atoms with Crippen molar-refractivity contribution < 1.29 is 19.0 Å². The smallest absolute Gasteiger partial charge is 0.261 e. The second-order valence-corrected chi connectivity index (χ2v) is 7.80. The summed E-state index contributed by atoms with van der Waals surface area (Å²) >= 11 is 0. The maximum absolute atomic E-state index is 13.9. The second kappa shape index (κ2) is 7.91. The van der Waals surface area contributed by atoms with Crippen molar-refractivity contribution in [2.24, 2.45) is 5.73 Å². The van der Waals surface area contributed by atoms with E-state index in [0.29, 0.717) is 36.5 Å². The molecule has 2 aromatic rings. The molecule has 0 saturated carbocycles. The van der Waals surface area contributed by atoms with Crippen LogP contribution >= 0.6 is 0 Å². The van der Waals surface area contributed by atoms with Crippen LogP contribution in [0.15, 0.2) is 36.8 Å². The number of nitrogens with zero attached hydrogens (tertiary/aromatic N) is 3. The first kappa shape index (κ1) is 20.1. The summed E-state index contributed by atoms with van der Waals surface area (Å²) in [5.41, 5.74) is 7.11. The van der Waals surface area contributed by atoms with Crippen molar-refractivity contribution in [3.63, 3.8) is 0 Å². The highest BCUT2D eigenvalue weighted by molar-refractivity contribution is 6.24. The lowest BCUT2D eigenvalue weighted by molar-refractivity contribution is -0.111. The van der Waals surface area contributed by atoms with E-state index in [1.54, 1.807) is 12.1 Å². The number of carbonyl (C=O) groups is 1. The molecule has 1 fully saturated rings. The van der Waals surface area contributed by atoms with Crippen LogP contribution in [0.1, 0.15) is 24.7 Å². The lowest BCUT2D eigenvalue weighted by Gasteiger charge is -2.23. The highest BCUT2D eigenvalue weighted by atomic mass is 19.1. The van der Waals surface area contributed by atoms with Crippen LogP contribution < -0.4 is 20.7 Å². The Morgan fingerprint density at radius 3 is 2.87 bits per heavy atom. The van der Waals surface area contributed by atoms with Gasteiger partial charge in [0.05, 0.1) is 23.6 Å². The van der Waals surface area contributed by atoms with Gasteiger partial charge in [-0.3, -0.25) is 4.79 Å². The van der Waals surface area contributed by atoms with Crippen molar-refractivity contribution in [3.8, 4) is 5.75 Å². The minimum Gasteiger partial charge on any atom is -0.484 e. The van der Waals surface area contributed by atoms with Crippen molar-refractivity contribution >= 4 is 22.9 Å². The molecule has 0 unspecified atom stereocenters. The molecule has 8 nitrogen and oxygen atoms in total. The first-order valence-corrected chi connectivity index (χ1v) is 9.79. The zero-order valence-corrected chi connectivity index (χ0v) is 16.6. The van der Waals surface area contributed by atoms with Gasteiger partial charge in [-0.15, -0.1) is 0 Å². The predicted octanol–water partition coefficient (Wildman–Crippen LogP) is 1.65. The van der Waals surface area contributed by atoms with Crippen molar-refractivity contribution in [2.45, 2.75) is 31.5 Å². The number of nitrogens with two attached hydrogens (primary N) is 1. The molecule has 2 atom stereocenters. The maximum atomic E-state index is 13.9. The minimum absolute atomic E-state index is 0.128. The molecule has 0 bridgehead atoms. The van der Waals surface area contributed by atoms with Gasteiger partial charge in [0.15, 0.2) is 5.82 Å². The number of aliphatic hydroxyl groups excluding tert-OH is 1. The van der Waals surface area contributed by atoms with Crippen LogP contribution in [0.3, 0.4) is 0 Å². The number of hydrogen-bond acceptors (Lipinski definition) is 7. The first-order valence-electron chi connectivity index (χ1n) is 9.79. The van der Waals surface area contributed by atoms with E-state index < -0.39 is 17.7 Å². The molecule has 1 aromatic carbocycles. The predicted molar refractivity (Wildman–Crippen MR) is 111 cm³/mol. The van der Waals surface area contributed by atoms with Crippen molar-refractivity contribution in [3.05, 3.63) is 48.2 Å². The number of aromatic nitrogens is 2. The van der Waals surface area contributed by atoms with Gasteiger partial charge in [-0.05, 0) is 25.5 Å². The van der Waals surface area contributed by atoms with Crippen molar-refractivity contribution in [1.82, 2.24) is 9.97 Å². The van der Waals surface area contributed by atoms with Crippen LogP contribution in [-0.4, -0.2) is 52.5 Å². The molecule has 9 heteroatoms. The summed E-state index contributed by atoms with van der Waals surface area (Å²) in [5.74, 6) is 0.369. The third-order valence-corrected chi connectivity index (χ3v) is 5.37. The third-order valence-electron chi connectivity index (χ3n) is 5.37. The van der Waals surface area contributed by atoms with Crippen molar-refractivity contribution in [1.29, 1.82) is 0 Å². The van der Waals surface area contributed by atoms with Gasteiger partial charge in [-0.25, -0.2) is 14.4 Å². The van der Waals surface area contributed by atoms with Gasteiger partial charge < -0.3 is 25.8 Å². The molecule has 0 spiro atoms. The van der Waals surface area contributed by atoms with E-state index in [-0.39, 0.29) is 24.5 Å². The number of alkyl halides is 1. The SMILES string of the molecule is C[C@@]1(CO)Cc2cc(NC(=O)C(=CN)c3ncccn3)c(N3CC[C@@H](F)C3)cc2O1. The molecule has 3 heterocycles. The maximum Gasteiger partial charge on any atom is 0.261 e. The standard InChI is InChI=1S/C21H24FN5O3/c1-21(12-28)9-13-7-16(17(8-18(13)30-21)27-6-3-14(22)11-27)26-20(29)15(10-23)19-24-4-2-5-25-19/h2,4-5,7-8,10,14,28H,3,6,9,11-12,23H2,1H3,(H,26,29)/t14-,21+/m1/s1. The monoisotopic (exact) mass is 413 g/mol. The van der Waals surface area contributed by atoms with E-state index in [2.05, 4.69) is 15.3 Å². The zero-order chi connectivity index (χ0) is 21.3. The van der Waals surface area contributed by atoms with Gasteiger partial charge in [0, 0.05) is 49.7 Å². The molecule has 1 amide bonds. The molecular formula is C21H24FN5O3. The Kier molecular flexibility index (Phi) is 5.29. The zero-order valence-electron chi connectivity index (χ0n) is 16.6. The Bertz CT molecular complexity index is 984. The summed E-state index contributed by atoms with van der Waals surface area (Å²) in [5, 5.41) is 12.5. The van der Waals surface area contributed by atoms with Crippen LogP contribution in [0, 0.1) is 0 Å². The summed E-state index contributed by atoms with van der Waals surface area (Å²) in [6.45, 7) is 2.45. The van der Waals surface area contributed by atoms with Gasteiger partial charge in [0.25, 0.3) is 5.91 Å². The van der Waals surface area contributed by atoms with Gasteiger partial charge in [-0.1, -0.05) is 0 Å². The highest BCUT2D eigenvalue weighted by Crippen LogP contribution is 2.42. The normalized spacial score (nSPS) is 23.2. The van der Waals surface area contributed by atoms with Gasteiger partial charge >= 0.3 is 0 Å². The van der Waals surface area contributed by atoms with E-state index in [9.17, 15) is 14.3 Å². The Hall–Kier alpha value is -3.20. The van der Waals surface area contributed by atoms with Crippen LogP contribution in [0.4, 0.5) is 15.8 Å². The fraction of sp³-hybridized carbons (Fsp3) is 0.381. The van der Waals surface area contributed by atoms with Crippen LogP contribution in [-0.2, 0) is 11.2 Å². The van der Waals surface area contributed by atoms with E-state index in [4.69, 9.17) is 10.5 Å². The average molecular weight is 413 g/mol. The molecule has 0 aliphatic carbocycles. The lowest BCUT2D eigenvalue weighted by Crippen LogP contribution is -2.34. The van der Waals surface area contributed by atoms with E-state index >= 15 is 0 Å².